The van der Waals surface area contributed by atoms with Gasteiger partial charge in [0.05, 0.1) is 12.0 Å². The van der Waals surface area contributed by atoms with Gasteiger partial charge in [-0.2, -0.15) is 0 Å². The fourth-order valence-electron chi connectivity index (χ4n) is 1.05. The monoisotopic (exact) mass is 235 g/mol. The summed E-state index contributed by atoms with van der Waals surface area (Å²) in [6.07, 6.45) is 2.43. The molecule has 6 nitrogen and oxygen atoms in total. The quantitative estimate of drug-likeness (QED) is 0.258. The van der Waals surface area contributed by atoms with Crippen molar-refractivity contribution in [3.05, 3.63) is 46.0 Å². The third kappa shape index (κ3) is 3.53. The maximum absolute atomic E-state index is 11.1. The lowest BCUT2D eigenvalue weighted by Gasteiger charge is -1.94. The highest BCUT2D eigenvalue weighted by Crippen LogP contribution is 2.12. The van der Waals surface area contributed by atoms with Crippen LogP contribution in [-0.4, -0.2) is 23.8 Å². The molecular weight excluding hydrogens is 226 g/mol. The van der Waals surface area contributed by atoms with Crippen molar-refractivity contribution in [3.63, 3.8) is 0 Å². The molecule has 0 amide bonds. The summed E-state index contributed by atoms with van der Waals surface area (Å²) in [5.74, 6) is -1.74. The van der Waals surface area contributed by atoms with Crippen molar-refractivity contribution in [1.82, 2.24) is 0 Å². The molecule has 1 aromatic rings. The van der Waals surface area contributed by atoms with Crippen molar-refractivity contribution in [3.8, 4) is 0 Å². The van der Waals surface area contributed by atoms with Gasteiger partial charge >= 0.3 is 5.97 Å². The van der Waals surface area contributed by atoms with Crippen LogP contribution in [0.4, 0.5) is 5.69 Å². The van der Waals surface area contributed by atoms with Gasteiger partial charge in [-0.3, -0.25) is 14.9 Å². The molecule has 0 aliphatic rings. The topological polar surface area (TPSA) is 86.5 Å². The maximum Gasteiger partial charge on any atom is 0.378 e. The normalized spacial score (nSPS) is 10.2. The molecule has 1 rings (SSSR count). The van der Waals surface area contributed by atoms with Crippen molar-refractivity contribution in [2.45, 2.75) is 0 Å². The largest absolute Gasteiger partial charge is 0.463 e. The van der Waals surface area contributed by atoms with Gasteiger partial charge in [-0.25, -0.2) is 4.79 Å². The minimum absolute atomic E-state index is 0.0403. The number of ketones is 1. The van der Waals surface area contributed by atoms with E-state index in [1.165, 1.54) is 30.3 Å². The van der Waals surface area contributed by atoms with Crippen LogP contribution in [0.25, 0.3) is 6.08 Å². The molecule has 0 spiro atoms. The molecule has 0 fully saturated rings. The lowest BCUT2D eigenvalue weighted by molar-refractivity contribution is -0.384. The first-order valence-electron chi connectivity index (χ1n) is 4.59. The number of carbonyl (C=O) groups is 2. The maximum atomic E-state index is 11.1. The molecule has 6 heteroatoms. The van der Waals surface area contributed by atoms with E-state index in [9.17, 15) is 19.7 Å². The molecular formula is C11H9NO5. The highest BCUT2D eigenvalue weighted by Gasteiger charge is 2.09. The number of nitro benzene ring substituents is 1. The lowest BCUT2D eigenvalue weighted by atomic mass is 10.2. The van der Waals surface area contributed by atoms with Crippen LogP contribution in [0.1, 0.15) is 5.56 Å². The van der Waals surface area contributed by atoms with Crippen molar-refractivity contribution in [1.29, 1.82) is 0 Å². The fourth-order valence-corrected chi connectivity index (χ4v) is 1.05. The van der Waals surface area contributed by atoms with E-state index in [-0.39, 0.29) is 5.69 Å². The van der Waals surface area contributed by atoms with Crippen molar-refractivity contribution in [2.24, 2.45) is 0 Å². The number of hydrogen-bond donors (Lipinski definition) is 0. The number of esters is 1. The number of rotatable bonds is 4. The van der Waals surface area contributed by atoms with Crippen molar-refractivity contribution >= 4 is 23.5 Å². The number of nitro groups is 1. The van der Waals surface area contributed by atoms with Gasteiger partial charge in [-0.15, -0.1) is 0 Å². The zero-order chi connectivity index (χ0) is 12.8. The molecule has 0 atom stereocenters. The average Bonchev–Trinajstić information content (AvgIpc) is 2.35. The van der Waals surface area contributed by atoms with Crippen LogP contribution >= 0.6 is 0 Å². The van der Waals surface area contributed by atoms with E-state index >= 15 is 0 Å². The summed E-state index contributed by atoms with van der Waals surface area (Å²) in [6, 6.07) is 5.56. The van der Waals surface area contributed by atoms with E-state index in [0.717, 1.165) is 13.2 Å². The Morgan fingerprint density at radius 1 is 1.29 bits per heavy atom. The van der Waals surface area contributed by atoms with Crippen LogP contribution in [0.2, 0.25) is 0 Å². The highest BCUT2D eigenvalue weighted by atomic mass is 16.6. The van der Waals surface area contributed by atoms with Crippen molar-refractivity contribution in [2.75, 3.05) is 7.11 Å². The van der Waals surface area contributed by atoms with Gasteiger partial charge < -0.3 is 4.74 Å². The summed E-state index contributed by atoms with van der Waals surface area (Å²) in [5, 5.41) is 10.4. The molecule has 0 saturated carbocycles. The van der Waals surface area contributed by atoms with Crippen LogP contribution in [0.3, 0.4) is 0 Å². The number of carbonyl (C=O) groups excluding carboxylic acids is 2. The second-order valence-corrected chi connectivity index (χ2v) is 3.04. The fraction of sp³-hybridized carbons (Fsp3) is 0.0909. The zero-order valence-corrected chi connectivity index (χ0v) is 8.95. The molecule has 0 aliphatic carbocycles. The van der Waals surface area contributed by atoms with Gasteiger partial charge in [-0.05, 0) is 23.8 Å². The molecule has 88 valence electrons. The van der Waals surface area contributed by atoms with E-state index < -0.39 is 16.7 Å². The molecule has 1 aromatic carbocycles. The zero-order valence-electron chi connectivity index (χ0n) is 8.95. The van der Waals surface area contributed by atoms with Crippen LogP contribution in [0.5, 0.6) is 0 Å². The molecule has 0 aromatic heterocycles. The Morgan fingerprint density at radius 3 is 2.35 bits per heavy atom. The van der Waals surface area contributed by atoms with Gasteiger partial charge in [0.2, 0.25) is 0 Å². The third-order valence-corrected chi connectivity index (χ3v) is 1.92. The van der Waals surface area contributed by atoms with E-state index in [4.69, 9.17) is 0 Å². The summed E-state index contributed by atoms with van der Waals surface area (Å²) >= 11 is 0. The second kappa shape index (κ2) is 5.55. The van der Waals surface area contributed by atoms with Crippen LogP contribution in [-0.2, 0) is 14.3 Å². The van der Waals surface area contributed by atoms with Gasteiger partial charge in [0, 0.05) is 12.1 Å². The second-order valence-electron chi connectivity index (χ2n) is 3.04. The first kappa shape index (κ1) is 12.6. The summed E-state index contributed by atoms with van der Waals surface area (Å²) in [6.45, 7) is 0. The third-order valence-electron chi connectivity index (χ3n) is 1.92. The van der Waals surface area contributed by atoms with Crippen molar-refractivity contribution < 1.29 is 19.2 Å². The SMILES string of the molecule is COC(=O)C(=O)C=Cc1ccc([N+](=O)[O-])cc1. The number of nitrogens with zero attached hydrogens (tertiary/aromatic N) is 1. The first-order valence-corrected chi connectivity index (χ1v) is 4.59. The van der Waals surface area contributed by atoms with Crippen LogP contribution < -0.4 is 0 Å². The number of methoxy groups -OCH3 is 1. The number of hydrogen-bond acceptors (Lipinski definition) is 5. The van der Waals surface area contributed by atoms with Gasteiger partial charge in [0.1, 0.15) is 0 Å². The standard InChI is InChI=1S/C11H9NO5/c1-17-11(14)10(13)7-4-8-2-5-9(6-3-8)12(15)16/h2-7H,1H3. The lowest BCUT2D eigenvalue weighted by Crippen LogP contribution is -2.12. The molecule has 0 aliphatic heterocycles. The van der Waals surface area contributed by atoms with E-state index in [1.54, 1.807) is 0 Å². The Bertz CT molecular complexity index is 475. The molecule has 0 saturated heterocycles. The van der Waals surface area contributed by atoms with Gasteiger partial charge in [0.25, 0.3) is 11.5 Å². The van der Waals surface area contributed by atoms with Gasteiger partial charge in [0.15, 0.2) is 0 Å². The summed E-state index contributed by atoms with van der Waals surface area (Å²) < 4.78 is 4.22. The van der Waals surface area contributed by atoms with Gasteiger partial charge in [-0.1, -0.05) is 6.08 Å². The Hall–Kier alpha value is -2.50. The molecule has 0 radical (unpaired) electrons. The van der Waals surface area contributed by atoms with E-state index in [1.807, 2.05) is 0 Å². The minimum Gasteiger partial charge on any atom is -0.463 e. The number of non-ortho nitro benzene ring substituents is 1. The number of benzene rings is 1. The summed E-state index contributed by atoms with van der Waals surface area (Å²) in [5.41, 5.74) is 0.536. The summed E-state index contributed by atoms with van der Waals surface area (Å²) in [4.78, 5) is 31.7. The van der Waals surface area contributed by atoms with E-state index in [2.05, 4.69) is 4.74 Å². The first-order chi connectivity index (χ1) is 8.04. The predicted octanol–water partition coefficient (Wildman–Crippen LogP) is 1.35. The molecule has 0 bridgehead atoms. The number of ether oxygens (including phenoxy) is 1. The smallest absolute Gasteiger partial charge is 0.378 e. The Kier molecular flexibility index (Phi) is 4.10. The highest BCUT2D eigenvalue weighted by molar-refractivity contribution is 6.39. The molecule has 17 heavy (non-hydrogen) atoms. The van der Waals surface area contributed by atoms with Crippen LogP contribution in [0.15, 0.2) is 30.3 Å². The molecule has 0 unspecified atom stereocenters. The average molecular weight is 235 g/mol. The Labute approximate surface area is 96.7 Å². The van der Waals surface area contributed by atoms with E-state index in [0.29, 0.717) is 5.56 Å². The van der Waals surface area contributed by atoms with Crippen LogP contribution in [0, 0.1) is 10.1 Å². The summed E-state index contributed by atoms with van der Waals surface area (Å²) in [7, 11) is 1.11. The Balaban J connectivity index is 2.76. The minimum atomic E-state index is -0.955. The Morgan fingerprint density at radius 2 is 1.88 bits per heavy atom. The predicted molar refractivity (Wildman–Crippen MR) is 59.2 cm³/mol. The molecule has 0 heterocycles. The molecule has 0 N–H and O–H groups in total.